The van der Waals surface area contributed by atoms with Gasteiger partial charge in [0.05, 0.1) is 0 Å². The molecule has 0 aliphatic carbocycles. The van der Waals surface area contributed by atoms with Crippen LogP contribution >= 0.6 is 45.2 Å². The van der Waals surface area contributed by atoms with E-state index in [1.54, 1.807) is 0 Å². The van der Waals surface area contributed by atoms with Crippen molar-refractivity contribution >= 4 is 50.9 Å². The van der Waals surface area contributed by atoms with Crippen molar-refractivity contribution in [2.75, 3.05) is 13.1 Å². The fourth-order valence-electron chi connectivity index (χ4n) is 3.63. The number of hydrogen-bond acceptors (Lipinski definition) is 2. The van der Waals surface area contributed by atoms with Gasteiger partial charge in [-0.2, -0.15) is 0 Å². The van der Waals surface area contributed by atoms with Gasteiger partial charge in [-0.05, 0) is 126 Å². The second-order valence-electron chi connectivity index (χ2n) is 6.95. The van der Waals surface area contributed by atoms with E-state index in [1.165, 1.54) is 60.9 Å². The first-order chi connectivity index (χ1) is 12.6. The first-order valence-electron chi connectivity index (χ1n) is 9.35. The zero-order valence-corrected chi connectivity index (χ0v) is 19.8. The van der Waals surface area contributed by atoms with Crippen molar-refractivity contribution < 1.29 is 0 Å². The first-order valence-corrected chi connectivity index (χ1v) is 11.5. The second kappa shape index (κ2) is 9.64. The third-order valence-electron chi connectivity index (χ3n) is 5.20. The van der Waals surface area contributed by atoms with E-state index in [9.17, 15) is 0 Å². The van der Waals surface area contributed by atoms with Crippen LogP contribution in [0.1, 0.15) is 54.0 Å². The van der Waals surface area contributed by atoms with Crippen molar-refractivity contribution in [3.8, 4) is 0 Å². The molecule has 1 fully saturated rings. The predicted molar refractivity (Wildman–Crippen MR) is 128 cm³/mol. The fraction of sp³-hybridized carbons (Fsp3) is 0.409. The maximum absolute atomic E-state index is 4.52. The summed E-state index contributed by atoms with van der Waals surface area (Å²) in [6.45, 7) is 6.59. The van der Waals surface area contributed by atoms with Gasteiger partial charge in [-0.15, -0.1) is 0 Å². The van der Waals surface area contributed by atoms with Crippen LogP contribution in [0.5, 0.6) is 0 Å². The van der Waals surface area contributed by atoms with Crippen molar-refractivity contribution in [2.45, 2.75) is 45.6 Å². The molecule has 4 rings (SSSR count). The highest BCUT2D eigenvalue weighted by atomic mass is 127. The van der Waals surface area contributed by atoms with E-state index in [0.29, 0.717) is 6.04 Å². The second-order valence-corrected chi connectivity index (χ2v) is 9.27. The van der Waals surface area contributed by atoms with E-state index in [4.69, 9.17) is 0 Å². The Morgan fingerprint density at radius 3 is 2.35 bits per heavy atom. The molecule has 0 aromatic heterocycles. The summed E-state index contributed by atoms with van der Waals surface area (Å²) >= 11 is 4.79. The maximum Gasteiger partial charge on any atom is 0.0424 e. The number of nitrogens with one attached hydrogen (secondary N) is 1. The van der Waals surface area contributed by atoms with E-state index in [0.717, 1.165) is 13.0 Å². The molecule has 1 N–H and O–H groups in total. The van der Waals surface area contributed by atoms with Crippen LogP contribution in [0.25, 0.3) is 0 Å². The van der Waals surface area contributed by atoms with Crippen molar-refractivity contribution in [2.24, 2.45) is 4.99 Å². The number of aliphatic imine (C=N–C) groups is 1. The van der Waals surface area contributed by atoms with Gasteiger partial charge in [-0.3, -0.25) is 4.99 Å². The predicted octanol–water partition coefficient (Wildman–Crippen LogP) is 6.21. The van der Waals surface area contributed by atoms with Crippen molar-refractivity contribution in [3.63, 3.8) is 0 Å². The lowest BCUT2D eigenvalue weighted by Gasteiger charge is -2.14. The van der Waals surface area contributed by atoms with Gasteiger partial charge in [0, 0.05) is 25.4 Å². The standard InChI is InChI=1S/C11H14IN.C11H12IN/c2*1-8-9(4-2-5-10(8)12)11-6-3-7-13-11/h2,4-5,11,13H,3,6-7H2,1H3;2,4-5H,3,6-7H2,1H3. The summed E-state index contributed by atoms with van der Waals surface area (Å²) in [6.07, 6.45) is 4.98. The molecule has 0 bridgehead atoms. The van der Waals surface area contributed by atoms with Crippen LogP contribution in [0.2, 0.25) is 0 Å². The summed E-state index contributed by atoms with van der Waals surface area (Å²) < 4.78 is 2.72. The summed E-state index contributed by atoms with van der Waals surface area (Å²) in [6, 6.07) is 13.6. The molecule has 2 nitrogen and oxygen atoms in total. The van der Waals surface area contributed by atoms with Gasteiger partial charge in [0.15, 0.2) is 0 Å². The van der Waals surface area contributed by atoms with E-state index in [1.807, 2.05) is 0 Å². The average Bonchev–Trinajstić information content (AvgIpc) is 3.34. The number of halogens is 2. The van der Waals surface area contributed by atoms with Crippen LogP contribution in [-0.2, 0) is 0 Å². The Labute approximate surface area is 184 Å². The number of benzene rings is 2. The van der Waals surface area contributed by atoms with Gasteiger partial charge in [0.1, 0.15) is 0 Å². The lowest BCUT2D eigenvalue weighted by molar-refractivity contribution is 0.643. The molecule has 4 heteroatoms. The van der Waals surface area contributed by atoms with Crippen LogP contribution in [0.4, 0.5) is 0 Å². The first kappa shape index (κ1) is 20.3. The lowest BCUT2D eigenvalue weighted by Crippen LogP contribution is -2.14. The quantitative estimate of drug-likeness (QED) is 0.426. The van der Waals surface area contributed by atoms with Gasteiger partial charge in [0.2, 0.25) is 0 Å². The highest BCUT2D eigenvalue weighted by Gasteiger charge is 2.18. The molecule has 0 radical (unpaired) electrons. The van der Waals surface area contributed by atoms with Gasteiger partial charge >= 0.3 is 0 Å². The molecule has 26 heavy (non-hydrogen) atoms. The van der Waals surface area contributed by atoms with E-state index in [2.05, 4.69) is 106 Å². The van der Waals surface area contributed by atoms with E-state index < -0.39 is 0 Å². The smallest absolute Gasteiger partial charge is 0.0424 e. The van der Waals surface area contributed by atoms with Crippen LogP contribution < -0.4 is 5.32 Å². The van der Waals surface area contributed by atoms with Crippen LogP contribution in [-0.4, -0.2) is 18.8 Å². The van der Waals surface area contributed by atoms with Crippen molar-refractivity contribution in [3.05, 3.63) is 65.8 Å². The van der Waals surface area contributed by atoms with Crippen LogP contribution in [0, 0.1) is 21.0 Å². The lowest BCUT2D eigenvalue weighted by atomic mass is 10.0. The highest BCUT2D eigenvalue weighted by molar-refractivity contribution is 14.1. The monoisotopic (exact) mass is 572 g/mol. The molecule has 0 amide bonds. The Balaban J connectivity index is 0.000000151. The third kappa shape index (κ3) is 4.87. The Morgan fingerprint density at radius 1 is 0.962 bits per heavy atom. The summed E-state index contributed by atoms with van der Waals surface area (Å²) in [5.74, 6) is 0. The molecule has 1 unspecified atom stereocenters. The molecule has 2 aliphatic rings. The zero-order valence-electron chi connectivity index (χ0n) is 15.5. The van der Waals surface area contributed by atoms with Gasteiger partial charge in [0.25, 0.3) is 0 Å². The third-order valence-corrected chi connectivity index (χ3v) is 7.54. The van der Waals surface area contributed by atoms with Crippen LogP contribution in [0.15, 0.2) is 41.4 Å². The summed E-state index contributed by atoms with van der Waals surface area (Å²) in [7, 11) is 0. The average molecular weight is 572 g/mol. The summed E-state index contributed by atoms with van der Waals surface area (Å²) in [5, 5.41) is 3.54. The highest BCUT2D eigenvalue weighted by Crippen LogP contribution is 2.27. The maximum atomic E-state index is 4.52. The van der Waals surface area contributed by atoms with Gasteiger partial charge < -0.3 is 5.32 Å². The Morgan fingerprint density at radius 2 is 1.69 bits per heavy atom. The number of nitrogens with zero attached hydrogens (tertiary/aromatic N) is 1. The molecular formula is C22H26I2N2. The normalized spacial score (nSPS) is 19.1. The SMILES string of the molecule is Cc1c(I)cccc1C1=NCCC1.Cc1c(I)cccc1C1CCCN1. The van der Waals surface area contributed by atoms with Crippen molar-refractivity contribution in [1.82, 2.24) is 5.32 Å². The fourth-order valence-corrected chi connectivity index (χ4v) is 4.65. The molecule has 1 saturated heterocycles. The molecule has 2 aliphatic heterocycles. The topological polar surface area (TPSA) is 24.4 Å². The number of hydrogen-bond donors (Lipinski definition) is 1. The Kier molecular flexibility index (Phi) is 7.52. The molecule has 2 aromatic rings. The summed E-state index contributed by atoms with van der Waals surface area (Å²) in [5.41, 5.74) is 6.97. The van der Waals surface area contributed by atoms with Crippen LogP contribution in [0.3, 0.4) is 0 Å². The minimum atomic E-state index is 0.606. The minimum Gasteiger partial charge on any atom is -0.310 e. The minimum absolute atomic E-state index is 0.606. The van der Waals surface area contributed by atoms with Gasteiger partial charge in [-0.25, -0.2) is 0 Å². The Hall–Kier alpha value is -0.470. The molecule has 2 aromatic carbocycles. The summed E-state index contributed by atoms with van der Waals surface area (Å²) in [4.78, 5) is 4.52. The van der Waals surface area contributed by atoms with E-state index >= 15 is 0 Å². The molecule has 2 heterocycles. The largest absolute Gasteiger partial charge is 0.310 e. The molecular weight excluding hydrogens is 546 g/mol. The Bertz CT molecular complexity index is 793. The molecule has 1 atom stereocenters. The molecule has 138 valence electrons. The van der Waals surface area contributed by atoms with Crippen molar-refractivity contribution in [1.29, 1.82) is 0 Å². The molecule has 0 spiro atoms. The molecule has 0 saturated carbocycles. The zero-order chi connectivity index (χ0) is 18.5. The van der Waals surface area contributed by atoms with Gasteiger partial charge in [-0.1, -0.05) is 24.3 Å². The van der Waals surface area contributed by atoms with E-state index in [-0.39, 0.29) is 0 Å². The number of rotatable bonds is 2.